The van der Waals surface area contributed by atoms with Gasteiger partial charge in [0.25, 0.3) is 0 Å². The molecule has 2 nitrogen and oxygen atoms in total. The van der Waals surface area contributed by atoms with Crippen molar-refractivity contribution in [2.45, 2.75) is 54.5 Å². The van der Waals surface area contributed by atoms with E-state index in [0.717, 1.165) is 0 Å². The van der Waals surface area contributed by atoms with E-state index in [1.165, 1.54) is 5.56 Å². The van der Waals surface area contributed by atoms with E-state index in [2.05, 4.69) is 39.0 Å². The number of rotatable bonds is 2. The van der Waals surface area contributed by atoms with Crippen LogP contribution in [0.3, 0.4) is 0 Å². The van der Waals surface area contributed by atoms with E-state index in [-0.39, 0.29) is 14.9 Å². The Labute approximate surface area is 83.0 Å². The Hall–Kier alpha value is -0.790. The van der Waals surface area contributed by atoms with Crippen molar-refractivity contribution < 1.29 is 0 Å². The first-order chi connectivity index (χ1) is 5.11. The molecular weight excluding hydrogens is 160 g/mol. The monoisotopic (exact) mass is 184 g/mol. The largest absolute Gasteiger partial charge is 0.270 e. The van der Waals surface area contributed by atoms with Crippen LogP contribution >= 0.6 is 0 Å². The molecule has 0 unspecified atom stereocenters. The normalized spacial score (nSPS) is 9.69. The Kier molecular flexibility index (Phi) is 6.55. The summed E-state index contributed by atoms with van der Waals surface area (Å²) in [4.78, 5) is 0. The Morgan fingerprint density at radius 2 is 1.69 bits per heavy atom. The third-order valence-corrected chi connectivity index (χ3v) is 1.82. The lowest BCUT2D eigenvalue weighted by atomic mass is 10.1. The SMILES string of the molecule is C.C.CC(C)c1cnn(C(C)C)c1. The molecule has 0 aromatic carbocycles. The van der Waals surface area contributed by atoms with Gasteiger partial charge >= 0.3 is 0 Å². The fraction of sp³-hybridized carbons (Fsp3) is 0.727. The highest BCUT2D eigenvalue weighted by Crippen LogP contribution is 2.14. The fourth-order valence-electron chi connectivity index (χ4n) is 0.933. The van der Waals surface area contributed by atoms with Crippen molar-refractivity contribution in [2.75, 3.05) is 0 Å². The van der Waals surface area contributed by atoms with Crippen LogP contribution in [-0.4, -0.2) is 9.78 Å². The zero-order valence-corrected chi connectivity index (χ0v) is 7.70. The molecule has 13 heavy (non-hydrogen) atoms. The van der Waals surface area contributed by atoms with Gasteiger partial charge in [-0.1, -0.05) is 28.7 Å². The predicted molar refractivity (Wildman–Crippen MR) is 60.2 cm³/mol. The minimum atomic E-state index is 0. The molecule has 0 spiro atoms. The van der Waals surface area contributed by atoms with Crippen molar-refractivity contribution in [2.24, 2.45) is 0 Å². The molecule has 0 aliphatic carbocycles. The summed E-state index contributed by atoms with van der Waals surface area (Å²) in [7, 11) is 0. The first-order valence-electron chi connectivity index (χ1n) is 4.15. The lowest BCUT2D eigenvalue weighted by Crippen LogP contribution is -1.99. The third-order valence-electron chi connectivity index (χ3n) is 1.82. The highest BCUT2D eigenvalue weighted by Gasteiger charge is 2.03. The topological polar surface area (TPSA) is 17.8 Å². The van der Waals surface area contributed by atoms with Crippen LogP contribution in [0.2, 0.25) is 0 Å². The highest BCUT2D eigenvalue weighted by atomic mass is 15.3. The van der Waals surface area contributed by atoms with Gasteiger partial charge in [-0.25, -0.2) is 0 Å². The fourth-order valence-corrected chi connectivity index (χ4v) is 0.933. The van der Waals surface area contributed by atoms with Crippen LogP contribution < -0.4 is 0 Å². The molecule has 0 aliphatic heterocycles. The van der Waals surface area contributed by atoms with E-state index >= 15 is 0 Å². The van der Waals surface area contributed by atoms with Gasteiger partial charge in [-0.05, 0) is 25.3 Å². The van der Waals surface area contributed by atoms with Gasteiger partial charge in [0.2, 0.25) is 0 Å². The van der Waals surface area contributed by atoms with Crippen molar-refractivity contribution in [3.8, 4) is 0 Å². The minimum Gasteiger partial charge on any atom is -0.270 e. The molecule has 0 N–H and O–H groups in total. The Morgan fingerprint density at radius 1 is 1.15 bits per heavy atom. The van der Waals surface area contributed by atoms with Crippen molar-refractivity contribution in [3.05, 3.63) is 18.0 Å². The maximum atomic E-state index is 4.25. The van der Waals surface area contributed by atoms with Crippen LogP contribution in [0, 0.1) is 0 Å². The van der Waals surface area contributed by atoms with Gasteiger partial charge < -0.3 is 0 Å². The second-order valence-electron chi connectivity index (χ2n) is 3.50. The Bertz CT molecular complexity index is 201. The summed E-state index contributed by atoms with van der Waals surface area (Å²) in [6.07, 6.45) is 4.07. The average Bonchev–Trinajstić information content (AvgIpc) is 2.33. The summed E-state index contributed by atoms with van der Waals surface area (Å²) in [5, 5.41) is 4.25. The van der Waals surface area contributed by atoms with Crippen LogP contribution in [0.5, 0.6) is 0 Å². The molecule has 0 bridgehead atoms. The summed E-state index contributed by atoms with van der Waals surface area (Å²) >= 11 is 0. The first kappa shape index (κ1) is 14.7. The Balaban J connectivity index is 0. The zero-order valence-electron chi connectivity index (χ0n) is 7.70. The summed E-state index contributed by atoms with van der Waals surface area (Å²) in [5.74, 6) is 0.586. The molecule has 1 aromatic heterocycles. The molecule has 78 valence electrons. The molecule has 0 saturated heterocycles. The Morgan fingerprint density at radius 3 is 1.92 bits per heavy atom. The van der Waals surface area contributed by atoms with Crippen LogP contribution in [0.1, 0.15) is 60.1 Å². The van der Waals surface area contributed by atoms with E-state index in [1.807, 2.05) is 10.9 Å². The van der Waals surface area contributed by atoms with Crippen LogP contribution in [0.15, 0.2) is 12.4 Å². The zero-order chi connectivity index (χ0) is 8.43. The van der Waals surface area contributed by atoms with E-state index in [9.17, 15) is 0 Å². The van der Waals surface area contributed by atoms with Crippen molar-refractivity contribution >= 4 is 0 Å². The summed E-state index contributed by atoms with van der Waals surface area (Å²) in [6.45, 7) is 8.64. The highest BCUT2D eigenvalue weighted by molar-refractivity contribution is 5.08. The van der Waals surface area contributed by atoms with E-state index < -0.39 is 0 Å². The molecule has 1 rings (SSSR count). The van der Waals surface area contributed by atoms with Gasteiger partial charge in [-0.3, -0.25) is 4.68 Å². The van der Waals surface area contributed by atoms with Crippen molar-refractivity contribution in [1.82, 2.24) is 9.78 Å². The van der Waals surface area contributed by atoms with Crippen LogP contribution in [0.25, 0.3) is 0 Å². The molecule has 0 aliphatic rings. The van der Waals surface area contributed by atoms with Gasteiger partial charge in [0.15, 0.2) is 0 Å². The van der Waals surface area contributed by atoms with Crippen LogP contribution in [-0.2, 0) is 0 Å². The van der Waals surface area contributed by atoms with Gasteiger partial charge in [-0.15, -0.1) is 0 Å². The molecule has 0 fully saturated rings. The molecule has 0 saturated carbocycles. The molecule has 0 amide bonds. The van der Waals surface area contributed by atoms with Crippen LogP contribution in [0.4, 0.5) is 0 Å². The number of aromatic nitrogens is 2. The summed E-state index contributed by atoms with van der Waals surface area (Å²) in [5.41, 5.74) is 1.32. The molecule has 0 atom stereocenters. The standard InChI is InChI=1S/C9H16N2.2CH4/c1-7(2)9-5-10-11(6-9)8(3)4;;/h5-8H,1-4H3;2*1H4. The lowest BCUT2D eigenvalue weighted by molar-refractivity contribution is 0.531. The first-order valence-corrected chi connectivity index (χ1v) is 4.15. The third kappa shape index (κ3) is 3.62. The van der Waals surface area contributed by atoms with E-state index in [0.29, 0.717) is 12.0 Å². The lowest BCUT2D eigenvalue weighted by Gasteiger charge is -2.03. The quantitative estimate of drug-likeness (QED) is 0.682. The molecule has 1 aromatic rings. The van der Waals surface area contributed by atoms with Crippen molar-refractivity contribution in [3.63, 3.8) is 0 Å². The summed E-state index contributed by atoms with van der Waals surface area (Å²) < 4.78 is 2.00. The number of nitrogens with zero attached hydrogens (tertiary/aromatic N) is 2. The van der Waals surface area contributed by atoms with E-state index in [4.69, 9.17) is 0 Å². The smallest absolute Gasteiger partial charge is 0.0524 e. The molecule has 2 heteroatoms. The molecule has 1 heterocycles. The maximum absolute atomic E-state index is 4.25. The van der Waals surface area contributed by atoms with Gasteiger partial charge in [0, 0.05) is 12.2 Å². The second kappa shape index (κ2) is 5.79. The molecule has 0 radical (unpaired) electrons. The maximum Gasteiger partial charge on any atom is 0.0524 e. The van der Waals surface area contributed by atoms with Gasteiger partial charge in [0.05, 0.1) is 6.20 Å². The minimum absolute atomic E-state index is 0. The second-order valence-corrected chi connectivity index (χ2v) is 3.50. The van der Waals surface area contributed by atoms with Gasteiger partial charge in [-0.2, -0.15) is 5.10 Å². The average molecular weight is 184 g/mol. The van der Waals surface area contributed by atoms with Crippen molar-refractivity contribution in [1.29, 1.82) is 0 Å². The number of hydrogen-bond acceptors (Lipinski definition) is 1. The van der Waals surface area contributed by atoms with E-state index in [1.54, 1.807) is 0 Å². The molecular formula is C11H24N2. The number of hydrogen-bond donors (Lipinski definition) is 0. The summed E-state index contributed by atoms with van der Waals surface area (Å²) in [6, 6.07) is 0.475. The van der Waals surface area contributed by atoms with Gasteiger partial charge in [0.1, 0.15) is 0 Å². The predicted octanol–water partition coefficient (Wildman–Crippen LogP) is 3.86.